The number of carbonyl (C=O) groups is 2. The standard InChI is InChI=1S/C19H21FN2O3S/c1-3-13-10-16(23)8-9-17(13)22-19(25)12(2)26-11-18(24)21-15-6-4-14(20)5-7-15/h4-10,12,23H,3,11H2,1-2H3,(H,21,24)(H,22,25)/t12-/m0/s1. The van der Waals surface area contributed by atoms with E-state index in [0.717, 1.165) is 5.56 Å². The zero-order valence-electron chi connectivity index (χ0n) is 14.6. The minimum Gasteiger partial charge on any atom is -0.508 e. The molecule has 138 valence electrons. The summed E-state index contributed by atoms with van der Waals surface area (Å²) < 4.78 is 12.8. The Morgan fingerprint density at radius 2 is 1.85 bits per heavy atom. The van der Waals surface area contributed by atoms with Gasteiger partial charge in [-0.05, 0) is 61.4 Å². The van der Waals surface area contributed by atoms with E-state index in [2.05, 4.69) is 10.6 Å². The third-order valence-electron chi connectivity index (χ3n) is 3.69. The molecule has 2 amide bonds. The first-order valence-corrected chi connectivity index (χ1v) is 9.23. The lowest BCUT2D eigenvalue weighted by molar-refractivity contribution is -0.115. The van der Waals surface area contributed by atoms with Crippen LogP contribution in [0.2, 0.25) is 0 Å². The van der Waals surface area contributed by atoms with Crippen LogP contribution in [0.25, 0.3) is 0 Å². The lowest BCUT2D eigenvalue weighted by Crippen LogP contribution is -2.25. The zero-order valence-corrected chi connectivity index (χ0v) is 15.4. The number of phenols is 1. The van der Waals surface area contributed by atoms with E-state index in [0.29, 0.717) is 17.8 Å². The van der Waals surface area contributed by atoms with Gasteiger partial charge in [0.05, 0.1) is 11.0 Å². The van der Waals surface area contributed by atoms with E-state index in [1.807, 2.05) is 6.92 Å². The van der Waals surface area contributed by atoms with Gasteiger partial charge in [0.1, 0.15) is 11.6 Å². The fourth-order valence-electron chi connectivity index (χ4n) is 2.24. The highest BCUT2D eigenvalue weighted by Crippen LogP contribution is 2.23. The molecule has 0 aliphatic heterocycles. The van der Waals surface area contributed by atoms with Crippen molar-refractivity contribution in [3.8, 4) is 5.75 Å². The first-order valence-electron chi connectivity index (χ1n) is 8.18. The largest absolute Gasteiger partial charge is 0.508 e. The van der Waals surface area contributed by atoms with Crippen molar-refractivity contribution in [3.05, 3.63) is 53.8 Å². The molecule has 5 nitrogen and oxygen atoms in total. The SMILES string of the molecule is CCc1cc(O)ccc1NC(=O)[C@H](C)SCC(=O)Nc1ccc(F)cc1. The van der Waals surface area contributed by atoms with Crippen molar-refractivity contribution in [2.24, 2.45) is 0 Å². The van der Waals surface area contributed by atoms with E-state index in [9.17, 15) is 19.1 Å². The van der Waals surface area contributed by atoms with Crippen molar-refractivity contribution in [2.45, 2.75) is 25.5 Å². The van der Waals surface area contributed by atoms with E-state index >= 15 is 0 Å². The predicted molar refractivity (Wildman–Crippen MR) is 103 cm³/mol. The van der Waals surface area contributed by atoms with E-state index in [-0.39, 0.29) is 29.1 Å². The van der Waals surface area contributed by atoms with Crippen LogP contribution in [0, 0.1) is 5.82 Å². The molecule has 0 aliphatic rings. The summed E-state index contributed by atoms with van der Waals surface area (Å²) in [5.41, 5.74) is 1.99. The quantitative estimate of drug-likeness (QED) is 0.643. The minimum absolute atomic E-state index is 0.0994. The zero-order chi connectivity index (χ0) is 19.1. The van der Waals surface area contributed by atoms with Gasteiger partial charge in [-0.1, -0.05) is 6.92 Å². The van der Waals surface area contributed by atoms with Crippen LogP contribution in [-0.4, -0.2) is 27.9 Å². The van der Waals surface area contributed by atoms with Crippen LogP contribution in [-0.2, 0) is 16.0 Å². The highest BCUT2D eigenvalue weighted by Gasteiger charge is 2.16. The van der Waals surface area contributed by atoms with Gasteiger partial charge in [-0.25, -0.2) is 4.39 Å². The highest BCUT2D eigenvalue weighted by atomic mass is 32.2. The van der Waals surface area contributed by atoms with Crippen molar-refractivity contribution >= 4 is 35.0 Å². The molecule has 0 saturated carbocycles. The van der Waals surface area contributed by atoms with Crippen molar-refractivity contribution in [2.75, 3.05) is 16.4 Å². The molecule has 7 heteroatoms. The Kier molecular flexibility index (Phi) is 7.03. The number of amides is 2. The Hall–Kier alpha value is -2.54. The van der Waals surface area contributed by atoms with Crippen LogP contribution in [0.1, 0.15) is 19.4 Å². The van der Waals surface area contributed by atoms with Crippen molar-refractivity contribution in [1.82, 2.24) is 0 Å². The Balaban J connectivity index is 1.85. The summed E-state index contributed by atoms with van der Waals surface area (Å²) in [7, 11) is 0. The summed E-state index contributed by atoms with van der Waals surface area (Å²) in [6.45, 7) is 3.65. The second-order valence-electron chi connectivity index (χ2n) is 5.69. The van der Waals surface area contributed by atoms with Crippen LogP contribution in [0.15, 0.2) is 42.5 Å². The first kappa shape index (κ1) is 19.8. The molecule has 0 radical (unpaired) electrons. The number of rotatable bonds is 7. The maximum Gasteiger partial charge on any atom is 0.237 e. The third kappa shape index (κ3) is 5.77. The monoisotopic (exact) mass is 376 g/mol. The highest BCUT2D eigenvalue weighted by molar-refractivity contribution is 8.01. The van der Waals surface area contributed by atoms with Crippen molar-refractivity contribution < 1.29 is 19.1 Å². The molecule has 26 heavy (non-hydrogen) atoms. The normalized spacial score (nSPS) is 11.7. The summed E-state index contributed by atoms with van der Waals surface area (Å²) in [4.78, 5) is 24.2. The number of hydrogen-bond donors (Lipinski definition) is 3. The topological polar surface area (TPSA) is 78.4 Å². The molecule has 1 atom stereocenters. The number of thioether (sulfide) groups is 1. The summed E-state index contributed by atoms with van der Waals surface area (Å²) in [5, 5.41) is 14.5. The molecule has 0 unspecified atom stereocenters. The van der Waals surface area contributed by atoms with Crippen molar-refractivity contribution in [3.63, 3.8) is 0 Å². The lowest BCUT2D eigenvalue weighted by atomic mass is 10.1. The second-order valence-corrected chi connectivity index (χ2v) is 7.02. The predicted octanol–water partition coefficient (Wildman–Crippen LogP) is 3.79. The number of benzene rings is 2. The Morgan fingerprint density at radius 1 is 1.15 bits per heavy atom. The summed E-state index contributed by atoms with van der Waals surface area (Å²) >= 11 is 1.20. The number of nitrogens with one attached hydrogen (secondary N) is 2. The number of carbonyl (C=O) groups excluding carboxylic acids is 2. The number of hydrogen-bond acceptors (Lipinski definition) is 4. The molecule has 0 bridgehead atoms. The fraction of sp³-hybridized carbons (Fsp3) is 0.263. The van der Waals surface area contributed by atoms with Crippen LogP contribution >= 0.6 is 11.8 Å². The second kappa shape index (κ2) is 9.24. The van der Waals surface area contributed by atoms with E-state index < -0.39 is 5.25 Å². The van der Waals surface area contributed by atoms with Gasteiger partial charge in [-0.3, -0.25) is 9.59 Å². The Bertz CT molecular complexity index is 781. The first-order chi connectivity index (χ1) is 12.4. The summed E-state index contributed by atoms with van der Waals surface area (Å²) in [6, 6.07) is 10.3. The maximum atomic E-state index is 12.8. The van der Waals surface area contributed by atoms with Gasteiger partial charge in [0.15, 0.2) is 0 Å². The molecule has 3 N–H and O–H groups in total. The summed E-state index contributed by atoms with van der Waals surface area (Å²) in [5.74, 6) is -0.601. The number of phenolic OH excluding ortho intramolecular Hbond substituents is 1. The van der Waals surface area contributed by atoms with Gasteiger partial charge in [-0.2, -0.15) is 0 Å². The number of aryl methyl sites for hydroxylation is 1. The smallest absolute Gasteiger partial charge is 0.237 e. The summed E-state index contributed by atoms with van der Waals surface area (Å²) in [6.07, 6.45) is 0.672. The molecular weight excluding hydrogens is 355 g/mol. The van der Waals surface area contributed by atoms with Gasteiger partial charge in [-0.15, -0.1) is 11.8 Å². The van der Waals surface area contributed by atoms with E-state index in [1.54, 1.807) is 19.1 Å². The van der Waals surface area contributed by atoms with E-state index in [4.69, 9.17) is 0 Å². The molecule has 2 aromatic carbocycles. The average Bonchev–Trinajstić information content (AvgIpc) is 2.63. The van der Waals surface area contributed by atoms with Crippen LogP contribution < -0.4 is 10.6 Å². The molecule has 2 rings (SSSR count). The Labute approximate surface area is 156 Å². The van der Waals surface area contributed by atoms with Gasteiger partial charge >= 0.3 is 0 Å². The van der Waals surface area contributed by atoms with Crippen LogP contribution in [0.3, 0.4) is 0 Å². The molecule has 0 saturated heterocycles. The molecule has 2 aromatic rings. The average molecular weight is 376 g/mol. The molecular formula is C19H21FN2O3S. The Morgan fingerprint density at radius 3 is 2.50 bits per heavy atom. The number of halogens is 1. The third-order valence-corrected chi connectivity index (χ3v) is 4.83. The van der Waals surface area contributed by atoms with Gasteiger partial charge < -0.3 is 15.7 Å². The van der Waals surface area contributed by atoms with Crippen LogP contribution in [0.4, 0.5) is 15.8 Å². The number of anilines is 2. The molecule has 0 heterocycles. The molecule has 0 spiro atoms. The number of aromatic hydroxyl groups is 1. The minimum atomic E-state index is -0.438. The van der Waals surface area contributed by atoms with Gasteiger partial charge in [0.2, 0.25) is 11.8 Å². The fourth-order valence-corrected chi connectivity index (χ4v) is 2.92. The van der Waals surface area contributed by atoms with Crippen LogP contribution in [0.5, 0.6) is 5.75 Å². The molecule has 0 aliphatic carbocycles. The van der Waals surface area contributed by atoms with E-state index in [1.165, 1.54) is 42.1 Å². The van der Waals surface area contributed by atoms with Crippen molar-refractivity contribution in [1.29, 1.82) is 0 Å². The maximum absolute atomic E-state index is 12.8. The lowest BCUT2D eigenvalue weighted by Gasteiger charge is -2.14. The van der Waals surface area contributed by atoms with Gasteiger partial charge in [0.25, 0.3) is 0 Å². The van der Waals surface area contributed by atoms with Gasteiger partial charge in [0, 0.05) is 11.4 Å². The molecule has 0 aromatic heterocycles. The molecule has 0 fully saturated rings.